The molecular formula is C16H16N2O3S2. The number of hydrogen-bond donors (Lipinski definition) is 1. The van der Waals surface area contributed by atoms with Crippen LogP contribution in [-0.4, -0.2) is 31.1 Å². The van der Waals surface area contributed by atoms with Crippen molar-refractivity contribution in [2.45, 2.75) is 19.9 Å². The highest BCUT2D eigenvalue weighted by Gasteiger charge is 2.25. The minimum absolute atomic E-state index is 0.0905. The van der Waals surface area contributed by atoms with E-state index in [1.807, 2.05) is 38.1 Å². The van der Waals surface area contributed by atoms with Crippen molar-refractivity contribution in [3.8, 4) is 10.6 Å². The second-order valence-corrected chi connectivity index (χ2v) is 8.66. The molecule has 1 atom stereocenters. The molecule has 1 amide bonds. The molecule has 120 valence electrons. The Balaban J connectivity index is 1.79. The molecule has 1 aromatic carbocycles. The van der Waals surface area contributed by atoms with E-state index < -0.39 is 15.9 Å². The van der Waals surface area contributed by atoms with Crippen molar-refractivity contribution < 1.29 is 13.2 Å². The molecule has 0 spiro atoms. The lowest BCUT2D eigenvalue weighted by Gasteiger charge is -2.08. The fraction of sp³-hybridized carbons (Fsp3) is 0.250. The summed E-state index contributed by atoms with van der Waals surface area (Å²) in [6.45, 7) is 3.85. The Kier molecular flexibility index (Phi) is 4.08. The van der Waals surface area contributed by atoms with Crippen molar-refractivity contribution in [3.05, 3.63) is 51.9 Å². The second-order valence-electron chi connectivity index (χ2n) is 5.53. The maximum atomic E-state index is 12.3. The smallest absolute Gasteiger partial charge is 0.271 e. The van der Waals surface area contributed by atoms with Gasteiger partial charge in [0.15, 0.2) is 9.84 Å². The number of hydrogen-bond acceptors (Lipinski definition) is 5. The molecule has 5 nitrogen and oxygen atoms in total. The maximum Gasteiger partial charge on any atom is 0.271 e. The first-order valence-electron chi connectivity index (χ1n) is 7.10. The lowest BCUT2D eigenvalue weighted by molar-refractivity contribution is 0.0943. The predicted octanol–water partition coefficient (Wildman–Crippen LogP) is 2.47. The molecule has 2 heterocycles. The van der Waals surface area contributed by atoms with E-state index in [9.17, 15) is 13.2 Å². The zero-order valence-electron chi connectivity index (χ0n) is 12.7. The van der Waals surface area contributed by atoms with Crippen molar-refractivity contribution in [2.24, 2.45) is 0 Å². The maximum absolute atomic E-state index is 12.3. The van der Waals surface area contributed by atoms with E-state index in [-0.39, 0.29) is 11.7 Å². The number of nitrogens with one attached hydrogen (secondary N) is 1. The molecule has 2 aromatic rings. The third kappa shape index (κ3) is 3.51. The van der Waals surface area contributed by atoms with Gasteiger partial charge in [-0.15, -0.1) is 11.3 Å². The minimum Gasteiger partial charge on any atom is -0.343 e. The molecule has 23 heavy (non-hydrogen) atoms. The summed E-state index contributed by atoms with van der Waals surface area (Å²) in [5.41, 5.74) is 2.48. The first-order chi connectivity index (χ1) is 10.8. The fourth-order valence-corrected chi connectivity index (χ4v) is 4.48. The summed E-state index contributed by atoms with van der Waals surface area (Å²) >= 11 is 1.45. The number of aryl methyl sites for hydroxylation is 2. The number of benzene rings is 1. The molecule has 0 fully saturated rings. The van der Waals surface area contributed by atoms with Crippen LogP contribution in [0.5, 0.6) is 0 Å². The largest absolute Gasteiger partial charge is 0.343 e. The SMILES string of the molecule is Cc1ccc(-c2nc(C(=O)NC3C=CS(=O)(=O)C3)c(C)s2)cc1. The predicted molar refractivity (Wildman–Crippen MR) is 91.2 cm³/mol. The summed E-state index contributed by atoms with van der Waals surface area (Å²) in [5.74, 6) is -0.434. The molecule has 1 aliphatic rings. The number of carbonyl (C=O) groups excluding carboxylic acids is 1. The number of sulfone groups is 1. The van der Waals surface area contributed by atoms with Crippen LogP contribution in [0.3, 0.4) is 0 Å². The number of rotatable bonds is 3. The van der Waals surface area contributed by atoms with Gasteiger partial charge in [0.1, 0.15) is 10.7 Å². The van der Waals surface area contributed by atoms with Crippen molar-refractivity contribution >= 4 is 27.1 Å². The van der Waals surface area contributed by atoms with Crippen LogP contribution in [0.4, 0.5) is 0 Å². The number of nitrogens with zero attached hydrogens (tertiary/aromatic N) is 1. The summed E-state index contributed by atoms with van der Waals surface area (Å²) in [5, 5.41) is 4.63. The third-order valence-corrected chi connectivity index (χ3v) is 5.97. The van der Waals surface area contributed by atoms with Gasteiger partial charge in [-0.05, 0) is 19.9 Å². The highest BCUT2D eigenvalue weighted by Crippen LogP contribution is 2.28. The van der Waals surface area contributed by atoms with Crippen LogP contribution in [0.15, 0.2) is 35.7 Å². The summed E-state index contributed by atoms with van der Waals surface area (Å²) in [4.78, 5) is 17.6. The number of carbonyl (C=O) groups is 1. The first kappa shape index (κ1) is 15.9. The van der Waals surface area contributed by atoms with Gasteiger partial charge in [0, 0.05) is 15.8 Å². The van der Waals surface area contributed by atoms with E-state index in [4.69, 9.17) is 0 Å². The monoisotopic (exact) mass is 348 g/mol. The van der Waals surface area contributed by atoms with Crippen molar-refractivity contribution in [2.75, 3.05) is 5.75 Å². The molecule has 7 heteroatoms. The van der Waals surface area contributed by atoms with Gasteiger partial charge in [-0.2, -0.15) is 0 Å². The van der Waals surface area contributed by atoms with E-state index in [2.05, 4.69) is 10.3 Å². The minimum atomic E-state index is -3.19. The molecule has 3 rings (SSSR count). The Morgan fingerprint density at radius 1 is 1.26 bits per heavy atom. The quantitative estimate of drug-likeness (QED) is 0.924. The van der Waals surface area contributed by atoms with Crippen LogP contribution < -0.4 is 5.32 Å². The molecule has 1 unspecified atom stereocenters. The molecule has 0 saturated carbocycles. The Labute approximate surface area is 139 Å². The molecule has 0 saturated heterocycles. The van der Waals surface area contributed by atoms with E-state index in [0.29, 0.717) is 5.69 Å². The Hall–Kier alpha value is -1.99. The summed E-state index contributed by atoms with van der Waals surface area (Å²) in [6.07, 6.45) is 1.50. The van der Waals surface area contributed by atoms with Gasteiger partial charge < -0.3 is 5.32 Å². The molecule has 1 N–H and O–H groups in total. The van der Waals surface area contributed by atoms with Gasteiger partial charge in [0.2, 0.25) is 0 Å². The van der Waals surface area contributed by atoms with Gasteiger partial charge in [0.05, 0.1) is 11.8 Å². The van der Waals surface area contributed by atoms with Crippen LogP contribution >= 0.6 is 11.3 Å². The number of aromatic nitrogens is 1. The van der Waals surface area contributed by atoms with E-state index in [1.54, 1.807) is 0 Å². The second kappa shape index (κ2) is 5.90. The van der Waals surface area contributed by atoms with E-state index in [1.165, 1.54) is 17.4 Å². The van der Waals surface area contributed by atoms with Crippen LogP contribution in [0.2, 0.25) is 0 Å². The Bertz CT molecular complexity index is 881. The molecule has 0 radical (unpaired) electrons. The molecular weight excluding hydrogens is 332 g/mol. The van der Waals surface area contributed by atoms with Crippen molar-refractivity contribution in [1.82, 2.24) is 10.3 Å². The van der Waals surface area contributed by atoms with Gasteiger partial charge in [-0.1, -0.05) is 29.8 Å². The van der Waals surface area contributed by atoms with Gasteiger partial charge in [-0.3, -0.25) is 4.79 Å². The van der Waals surface area contributed by atoms with Crippen LogP contribution in [-0.2, 0) is 9.84 Å². The summed E-state index contributed by atoms with van der Waals surface area (Å²) < 4.78 is 22.8. The Morgan fingerprint density at radius 3 is 2.57 bits per heavy atom. The van der Waals surface area contributed by atoms with Gasteiger partial charge in [0.25, 0.3) is 5.91 Å². The first-order valence-corrected chi connectivity index (χ1v) is 9.63. The molecule has 1 aliphatic heterocycles. The summed E-state index contributed by atoms with van der Waals surface area (Å²) in [7, 11) is -3.19. The number of amides is 1. The molecule has 0 aliphatic carbocycles. The molecule has 1 aromatic heterocycles. The highest BCUT2D eigenvalue weighted by atomic mass is 32.2. The van der Waals surface area contributed by atoms with Gasteiger partial charge in [-0.25, -0.2) is 13.4 Å². The third-order valence-electron chi connectivity index (χ3n) is 3.56. The van der Waals surface area contributed by atoms with Crippen molar-refractivity contribution in [1.29, 1.82) is 0 Å². The zero-order chi connectivity index (χ0) is 16.6. The number of thiazole rings is 1. The van der Waals surface area contributed by atoms with Crippen LogP contribution in [0.25, 0.3) is 10.6 Å². The standard InChI is InChI=1S/C16H16N2O3S2/c1-10-3-5-12(6-4-10)16-18-14(11(2)22-16)15(19)17-13-7-8-23(20,21)9-13/h3-8,13H,9H2,1-2H3,(H,17,19). The average Bonchev–Trinajstić information content (AvgIpc) is 3.02. The van der Waals surface area contributed by atoms with Crippen molar-refractivity contribution in [3.63, 3.8) is 0 Å². The van der Waals surface area contributed by atoms with Crippen LogP contribution in [0.1, 0.15) is 20.9 Å². The fourth-order valence-electron chi connectivity index (χ4n) is 2.33. The summed E-state index contributed by atoms with van der Waals surface area (Å²) in [6, 6.07) is 7.46. The Morgan fingerprint density at radius 2 is 1.96 bits per heavy atom. The normalized spacial score (nSPS) is 19.0. The van der Waals surface area contributed by atoms with Crippen LogP contribution in [0, 0.1) is 13.8 Å². The molecule has 0 bridgehead atoms. The van der Waals surface area contributed by atoms with Gasteiger partial charge >= 0.3 is 0 Å². The lowest BCUT2D eigenvalue weighted by atomic mass is 10.2. The van der Waals surface area contributed by atoms with E-state index >= 15 is 0 Å². The average molecular weight is 348 g/mol. The highest BCUT2D eigenvalue weighted by molar-refractivity contribution is 7.94. The van der Waals surface area contributed by atoms with E-state index in [0.717, 1.165) is 26.4 Å². The zero-order valence-corrected chi connectivity index (χ0v) is 14.4. The lowest BCUT2D eigenvalue weighted by Crippen LogP contribution is -2.35. The topological polar surface area (TPSA) is 76.1 Å².